The van der Waals surface area contributed by atoms with Crippen LogP contribution < -0.4 is 14.8 Å². The van der Waals surface area contributed by atoms with Crippen LogP contribution in [0.4, 0.5) is 0 Å². The summed E-state index contributed by atoms with van der Waals surface area (Å²) in [7, 11) is 1.61. The number of tetrazole rings is 1. The second-order valence-corrected chi connectivity index (χ2v) is 7.22. The number of benzene rings is 1. The van der Waals surface area contributed by atoms with Gasteiger partial charge in [0.25, 0.3) is 0 Å². The Morgan fingerprint density at radius 2 is 2.15 bits per heavy atom. The third-order valence-corrected chi connectivity index (χ3v) is 5.64. The minimum atomic E-state index is -0.774. The molecule has 3 N–H and O–H groups in total. The number of fused-ring (bicyclic) bond motifs is 1. The molecule has 4 atom stereocenters. The van der Waals surface area contributed by atoms with Crippen molar-refractivity contribution >= 4 is 5.97 Å². The van der Waals surface area contributed by atoms with E-state index in [1.165, 1.54) is 0 Å². The van der Waals surface area contributed by atoms with Crippen molar-refractivity contribution in [1.82, 2.24) is 25.9 Å². The molecule has 27 heavy (non-hydrogen) atoms. The fraction of sp³-hybridized carbons (Fsp3) is 0.556. The van der Waals surface area contributed by atoms with Crippen LogP contribution in [0.5, 0.6) is 11.5 Å². The average molecular weight is 373 g/mol. The predicted octanol–water partition coefficient (Wildman–Crippen LogP) is 1.49. The highest BCUT2D eigenvalue weighted by atomic mass is 16.5. The van der Waals surface area contributed by atoms with E-state index in [0.29, 0.717) is 35.6 Å². The lowest BCUT2D eigenvalue weighted by Crippen LogP contribution is -2.50. The lowest BCUT2D eigenvalue weighted by atomic mass is 9.72. The van der Waals surface area contributed by atoms with Gasteiger partial charge in [0.15, 0.2) is 5.82 Å². The van der Waals surface area contributed by atoms with Crippen LogP contribution >= 0.6 is 0 Å². The Morgan fingerprint density at radius 1 is 1.26 bits per heavy atom. The minimum absolute atomic E-state index is 0.0283. The van der Waals surface area contributed by atoms with Gasteiger partial charge in [0, 0.05) is 6.07 Å². The number of aliphatic carboxylic acids is 1. The topological polar surface area (TPSA) is 122 Å². The average Bonchev–Trinajstić information content (AvgIpc) is 3.21. The molecule has 1 saturated carbocycles. The molecule has 0 unspecified atom stereocenters. The molecule has 0 radical (unpaired) electrons. The zero-order valence-electron chi connectivity index (χ0n) is 15.1. The molecule has 0 spiro atoms. The zero-order chi connectivity index (χ0) is 18.8. The number of hydrogen-bond donors (Lipinski definition) is 3. The van der Waals surface area contributed by atoms with Crippen molar-refractivity contribution in [2.24, 2.45) is 11.8 Å². The lowest BCUT2D eigenvalue weighted by Gasteiger charge is -2.41. The van der Waals surface area contributed by atoms with Gasteiger partial charge in [-0.25, -0.2) is 5.10 Å². The third-order valence-electron chi connectivity index (χ3n) is 5.64. The largest absolute Gasteiger partial charge is 0.497 e. The molecule has 2 fully saturated rings. The van der Waals surface area contributed by atoms with Gasteiger partial charge in [-0.15, -0.1) is 5.10 Å². The predicted molar refractivity (Wildman–Crippen MR) is 95.5 cm³/mol. The second kappa shape index (κ2) is 7.51. The maximum atomic E-state index is 11.3. The van der Waals surface area contributed by atoms with Gasteiger partial charge in [0.2, 0.25) is 0 Å². The molecule has 144 valence electrons. The van der Waals surface area contributed by atoms with E-state index in [1.54, 1.807) is 7.11 Å². The first kappa shape index (κ1) is 17.7. The summed E-state index contributed by atoms with van der Waals surface area (Å²) in [6.45, 7) is 0.766. The summed E-state index contributed by atoms with van der Waals surface area (Å²) < 4.78 is 11.7. The molecule has 4 rings (SSSR count). The molecule has 1 aromatic carbocycles. The maximum Gasteiger partial charge on any atom is 0.320 e. The molecule has 9 heteroatoms. The van der Waals surface area contributed by atoms with Crippen molar-refractivity contribution in [2.45, 2.75) is 37.8 Å². The first-order valence-electron chi connectivity index (χ1n) is 9.19. The fourth-order valence-corrected chi connectivity index (χ4v) is 4.19. The highest BCUT2D eigenvalue weighted by molar-refractivity contribution is 5.73. The maximum absolute atomic E-state index is 11.3. The molecule has 1 aliphatic heterocycles. The van der Waals surface area contributed by atoms with E-state index < -0.39 is 12.0 Å². The van der Waals surface area contributed by atoms with Crippen LogP contribution in [0.15, 0.2) is 18.2 Å². The van der Waals surface area contributed by atoms with Crippen LogP contribution in [0.25, 0.3) is 11.4 Å². The molecule has 2 aromatic rings. The first-order valence-corrected chi connectivity index (χ1v) is 9.19. The van der Waals surface area contributed by atoms with Crippen LogP contribution in [0.2, 0.25) is 0 Å². The van der Waals surface area contributed by atoms with E-state index in [2.05, 4.69) is 25.9 Å². The standard InChI is InChI=1S/C18H23N5O4/c1-26-12-4-5-14(17-20-22-23-21-17)16(8-12)27-13-3-2-10-9-19-15(18(24)25)7-11(10)6-13/h4-5,8,10-11,13,15,19H,2-3,6-7,9H2,1H3,(H,24,25)(H,20,21,22,23)/t10-,11+,13-,15-/m0/s1. The minimum Gasteiger partial charge on any atom is -0.497 e. The Hall–Kier alpha value is -2.68. The van der Waals surface area contributed by atoms with Crippen molar-refractivity contribution < 1.29 is 19.4 Å². The highest BCUT2D eigenvalue weighted by Gasteiger charge is 2.38. The van der Waals surface area contributed by atoms with Crippen molar-refractivity contribution in [2.75, 3.05) is 13.7 Å². The van der Waals surface area contributed by atoms with Crippen molar-refractivity contribution in [3.63, 3.8) is 0 Å². The molecule has 0 amide bonds. The van der Waals surface area contributed by atoms with E-state index in [4.69, 9.17) is 9.47 Å². The number of methoxy groups -OCH3 is 1. The summed E-state index contributed by atoms with van der Waals surface area (Å²) in [5.74, 6) is 2.00. The number of aromatic nitrogens is 4. The van der Waals surface area contributed by atoms with Crippen molar-refractivity contribution in [1.29, 1.82) is 0 Å². The second-order valence-electron chi connectivity index (χ2n) is 7.22. The van der Waals surface area contributed by atoms with Gasteiger partial charge in [0.05, 0.1) is 18.8 Å². The van der Waals surface area contributed by atoms with E-state index in [1.807, 2.05) is 18.2 Å². The van der Waals surface area contributed by atoms with Crippen LogP contribution in [-0.2, 0) is 4.79 Å². The van der Waals surface area contributed by atoms with Crippen LogP contribution in [-0.4, -0.2) is 57.5 Å². The van der Waals surface area contributed by atoms with Crippen molar-refractivity contribution in [3.8, 4) is 22.9 Å². The summed E-state index contributed by atoms with van der Waals surface area (Å²) in [6.07, 6.45) is 3.49. The van der Waals surface area contributed by atoms with Gasteiger partial charge in [-0.3, -0.25) is 4.79 Å². The Kier molecular flexibility index (Phi) is 4.93. The van der Waals surface area contributed by atoms with Gasteiger partial charge < -0.3 is 19.9 Å². The number of nitrogens with one attached hydrogen (secondary N) is 2. The molecule has 1 saturated heterocycles. The normalized spacial score (nSPS) is 27.6. The monoisotopic (exact) mass is 373 g/mol. The smallest absolute Gasteiger partial charge is 0.320 e. The molecular formula is C18H23N5O4. The SMILES string of the molecule is COc1ccc(-c2nnn[nH]2)c(O[C@H]2CC[C@H]3CN[C@H](C(=O)O)C[C@H]3C2)c1. The summed E-state index contributed by atoms with van der Waals surface area (Å²) >= 11 is 0. The van der Waals surface area contributed by atoms with E-state index in [0.717, 1.165) is 31.4 Å². The number of nitrogens with zero attached hydrogens (tertiary/aromatic N) is 3. The van der Waals surface area contributed by atoms with Gasteiger partial charge in [-0.2, -0.15) is 0 Å². The van der Waals surface area contributed by atoms with Gasteiger partial charge in [0.1, 0.15) is 17.5 Å². The first-order chi connectivity index (χ1) is 13.1. The fourth-order valence-electron chi connectivity index (χ4n) is 4.19. The summed E-state index contributed by atoms with van der Waals surface area (Å²) in [6, 6.07) is 5.09. The van der Waals surface area contributed by atoms with Gasteiger partial charge >= 0.3 is 5.97 Å². The molecule has 9 nitrogen and oxygen atoms in total. The summed E-state index contributed by atoms with van der Waals surface area (Å²) in [5.41, 5.74) is 0.775. The van der Waals surface area contributed by atoms with E-state index >= 15 is 0 Å². The number of carboxylic acid groups (broad SMARTS) is 1. The number of ether oxygens (including phenoxy) is 2. The quantitative estimate of drug-likeness (QED) is 0.720. The number of H-pyrrole nitrogens is 1. The molecule has 2 aliphatic rings. The van der Waals surface area contributed by atoms with Crippen LogP contribution in [0.1, 0.15) is 25.7 Å². The van der Waals surface area contributed by atoms with Crippen molar-refractivity contribution in [3.05, 3.63) is 18.2 Å². The molecular weight excluding hydrogens is 350 g/mol. The highest BCUT2D eigenvalue weighted by Crippen LogP contribution is 2.39. The number of carbonyl (C=O) groups is 1. The number of aromatic amines is 1. The van der Waals surface area contributed by atoms with E-state index in [9.17, 15) is 9.90 Å². The number of piperidine rings is 1. The Labute approximate surface area is 156 Å². The Balaban J connectivity index is 1.51. The van der Waals surface area contributed by atoms with Crippen LogP contribution in [0.3, 0.4) is 0 Å². The molecule has 1 aromatic heterocycles. The molecule has 2 heterocycles. The number of hydrogen-bond acceptors (Lipinski definition) is 7. The lowest BCUT2D eigenvalue weighted by molar-refractivity contribution is -0.141. The van der Waals surface area contributed by atoms with Gasteiger partial charge in [-0.05, 0) is 66.6 Å². The Bertz CT molecular complexity index is 797. The Morgan fingerprint density at radius 3 is 2.89 bits per heavy atom. The van der Waals surface area contributed by atoms with Gasteiger partial charge in [-0.1, -0.05) is 0 Å². The molecule has 0 bridgehead atoms. The number of rotatable bonds is 5. The van der Waals surface area contributed by atoms with Crippen LogP contribution in [0, 0.1) is 11.8 Å². The summed E-state index contributed by atoms with van der Waals surface area (Å²) in [5, 5.41) is 26.5. The third kappa shape index (κ3) is 3.73. The van der Waals surface area contributed by atoms with E-state index in [-0.39, 0.29) is 6.10 Å². The zero-order valence-corrected chi connectivity index (χ0v) is 15.1. The number of carboxylic acids is 1. The molecule has 1 aliphatic carbocycles. The summed E-state index contributed by atoms with van der Waals surface area (Å²) in [4.78, 5) is 11.3.